The molecule has 6 rings (SSSR count). The van der Waals surface area contributed by atoms with Gasteiger partial charge < -0.3 is 23.9 Å². The third-order valence-corrected chi connectivity index (χ3v) is 8.00. The van der Waals surface area contributed by atoms with E-state index >= 15 is 0 Å². The van der Waals surface area contributed by atoms with Crippen molar-refractivity contribution in [2.45, 2.75) is 58.1 Å². The second-order valence-corrected chi connectivity index (χ2v) is 11.2. The van der Waals surface area contributed by atoms with Crippen molar-refractivity contribution in [3.63, 3.8) is 0 Å². The molecule has 2 aliphatic rings. The van der Waals surface area contributed by atoms with E-state index in [9.17, 15) is 14.3 Å². The van der Waals surface area contributed by atoms with Gasteiger partial charge in [-0.3, -0.25) is 4.90 Å². The van der Waals surface area contributed by atoms with Gasteiger partial charge in [-0.25, -0.2) is 24.1 Å². The van der Waals surface area contributed by atoms with Crippen molar-refractivity contribution in [1.29, 1.82) is 5.26 Å². The van der Waals surface area contributed by atoms with Crippen LogP contribution in [0.25, 0.3) is 16.7 Å². The predicted octanol–water partition coefficient (Wildman–Crippen LogP) is 4.74. The van der Waals surface area contributed by atoms with Crippen LogP contribution in [-0.4, -0.2) is 67.4 Å². The monoisotopic (exact) mass is 612 g/mol. The topological polar surface area (TPSA) is 136 Å². The van der Waals surface area contributed by atoms with Gasteiger partial charge >= 0.3 is 5.97 Å². The highest BCUT2D eigenvalue weighted by Gasteiger charge is 2.26. The van der Waals surface area contributed by atoms with E-state index in [-0.39, 0.29) is 30.1 Å². The number of fused-ring (bicyclic) bond motifs is 1. The molecule has 4 aromatic rings. The fourth-order valence-electron chi connectivity index (χ4n) is 5.47. The Kier molecular flexibility index (Phi) is 9.00. The number of ether oxygens (including phenoxy) is 3. The largest absolute Gasteiger partial charge is 0.484 e. The number of carbonyl (C=O) groups is 1. The van der Waals surface area contributed by atoms with Gasteiger partial charge in [-0.05, 0) is 68.2 Å². The summed E-state index contributed by atoms with van der Waals surface area (Å²) in [4.78, 5) is 27.8. The Hall–Kier alpha value is -4.86. The third kappa shape index (κ3) is 7.28. The minimum absolute atomic E-state index is 0.00342. The van der Waals surface area contributed by atoms with Crippen LogP contribution in [0, 0.1) is 17.1 Å². The molecule has 12 heteroatoms. The van der Waals surface area contributed by atoms with Gasteiger partial charge in [0, 0.05) is 31.8 Å². The van der Waals surface area contributed by atoms with Gasteiger partial charge in [-0.2, -0.15) is 5.26 Å². The van der Waals surface area contributed by atoms with Gasteiger partial charge in [0.15, 0.2) is 17.2 Å². The lowest BCUT2D eigenvalue weighted by atomic mass is 10.1. The number of nitrogens with zero attached hydrogens (tertiary/aromatic N) is 6. The predicted molar refractivity (Wildman–Crippen MR) is 162 cm³/mol. The molecule has 0 radical (unpaired) electrons. The number of piperidine rings is 1. The second kappa shape index (κ2) is 13.4. The number of aliphatic carboxylic acids is 1. The number of benzene rings is 1. The molecular formula is C33H33FN6O5. The first-order valence-electron chi connectivity index (χ1n) is 14.9. The summed E-state index contributed by atoms with van der Waals surface area (Å²) in [6.07, 6.45) is 3.87. The van der Waals surface area contributed by atoms with Crippen LogP contribution in [0.15, 0.2) is 54.6 Å². The smallest absolute Gasteiger partial charge is 0.328 e. The molecule has 0 unspecified atom stereocenters. The summed E-state index contributed by atoms with van der Waals surface area (Å²) in [5.74, 6) is -0.148. The lowest BCUT2D eigenvalue weighted by molar-refractivity contribution is -0.131. The Bertz CT molecular complexity index is 1770. The highest BCUT2D eigenvalue weighted by atomic mass is 19.1. The average Bonchev–Trinajstić information content (AvgIpc) is 3.34. The summed E-state index contributed by atoms with van der Waals surface area (Å²) in [6, 6.07) is 15.1. The number of hydrogen-bond donors (Lipinski definition) is 1. The molecule has 5 heterocycles. The van der Waals surface area contributed by atoms with Crippen LogP contribution in [0.4, 0.5) is 4.39 Å². The van der Waals surface area contributed by atoms with E-state index in [1.807, 2.05) is 18.2 Å². The molecule has 0 bridgehead atoms. The van der Waals surface area contributed by atoms with Gasteiger partial charge in [0.25, 0.3) is 0 Å². The Morgan fingerprint density at radius 2 is 1.98 bits per heavy atom. The number of allylic oxidation sites excluding steroid dienone is 1. The summed E-state index contributed by atoms with van der Waals surface area (Å²) in [5, 5.41) is 18.1. The zero-order valence-electron chi connectivity index (χ0n) is 24.9. The summed E-state index contributed by atoms with van der Waals surface area (Å²) in [7, 11) is 0. The van der Waals surface area contributed by atoms with E-state index in [1.54, 1.807) is 25.1 Å². The van der Waals surface area contributed by atoms with Gasteiger partial charge in [-0.15, -0.1) is 0 Å². The molecule has 2 fully saturated rings. The molecule has 1 N–H and O–H groups in total. The average molecular weight is 613 g/mol. The standard InChI is InChI=1S/C33H33FN6O5/c1-21(15-32(41)42)27-6-7-28-33(38-27)40(18-25-11-14-43-25)30(37-28)19-39-12-9-24(10-13-39)45-31-4-2-3-23(36-31)20-44-29-8-5-22(17-35)16-26(29)34/h2-8,15-16,24-25H,9-14,18-20H2,1H3,(H,41,42)/b21-15+/t25-/m0/s1. The Morgan fingerprint density at radius 1 is 1.16 bits per heavy atom. The molecule has 0 aliphatic carbocycles. The first kappa shape index (κ1) is 30.2. The molecule has 0 saturated carbocycles. The zero-order chi connectivity index (χ0) is 31.3. The minimum atomic E-state index is -1.01. The molecule has 0 amide bonds. The summed E-state index contributed by atoms with van der Waals surface area (Å²) >= 11 is 0. The Labute approximate surface area is 259 Å². The van der Waals surface area contributed by atoms with Crippen LogP contribution in [0.3, 0.4) is 0 Å². The number of carboxylic acids is 1. The molecule has 3 aromatic heterocycles. The number of carboxylic acid groups (broad SMARTS) is 1. The quantitative estimate of drug-likeness (QED) is 0.237. The van der Waals surface area contributed by atoms with Crippen LogP contribution in [0.1, 0.15) is 49.0 Å². The first-order chi connectivity index (χ1) is 21.8. The second-order valence-electron chi connectivity index (χ2n) is 11.2. The van der Waals surface area contributed by atoms with E-state index in [2.05, 4.69) is 14.5 Å². The fraction of sp³-hybridized carbons (Fsp3) is 0.364. The third-order valence-electron chi connectivity index (χ3n) is 8.00. The lowest BCUT2D eigenvalue weighted by Gasteiger charge is -2.32. The number of aromatic nitrogens is 4. The highest BCUT2D eigenvalue weighted by Crippen LogP contribution is 2.25. The van der Waals surface area contributed by atoms with Crippen molar-refractivity contribution in [3.8, 4) is 17.7 Å². The number of likely N-dealkylation sites (tertiary alicyclic amines) is 1. The summed E-state index contributed by atoms with van der Waals surface area (Å²) < 4.78 is 33.8. The molecule has 45 heavy (non-hydrogen) atoms. The van der Waals surface area contributed by atoms with E-state index in [0.717, 1.165) is 68.1 Å². The van der Waals surface area contributed by atoms with E-state index in [4.69, 9.17) is 29.4 Å². The maximum Gasteiger partial charge on any atom is 0.328 e. The van der Waals surface area contributed by atoms with Crippen LogP contribution in [-0.2, 0) is 29.2 Å². The number of nitriles is 1. The first-order valence-corrected chi connectivity index (χ1v) is 14.9. The molecule has 0 spiro atoms. The van der Waals surface area contributed by atoms with Crippen LogP contribution < -0.4 is 9.47 Å². The molecular weight excluding hydrogens is 579 g/mol. The van der Waals surface area contributed by atoms with Gasteiger partial charge in [0.05, 0.1) is 42.2 Å². The van der Waals surface area contributed by atoms with Crippen molar-refractivity contribution >= 4 is 22.7 Å². The van der Waals surface area contributed by atoms with Crippen LogP contribution >= 0.6 is 0 Å². The van der Waals surface area contributed by atoms with Crippen molar-refractivity contribution in [2.75, 3.05) is 19.7 Å². The van der Waals surface area contributed by atoms with Crippen molar-refractivity contribution < 1.29 is 28.5 Å². The molecule has 11 nitrogen and oxygen atoms in total. The van der Waals surface area contributed by atoms with Crippen molar-refractivity contribution in [2.24, 2.45) is 0 Å². The Balaban J connectivity index is 1.07. The van der Waals surface area contributed by atoms with Gasteiger partial charge in [-0.1, -0.05) is 6.07 Å². The number of halogens is 1. The molecule has 1 aromatic carbocycles. The van der Waals surface area contributed by atoms with Crippen molar-refractivity contribution in [1.82, 2.24) is 24.4 Å². The molecule has 2 aliphatic heterocycles. The lowest BCUT2D eigenvalue weighted by Crippen LogP contribution is -2.39. The maximum absolute atomic E-state index is 14.2. The van der Waals surface area contributed by atoms with Crippen LogP contribution in [0.5, 0.6) is 11.6 Å². The number of imidazole rings is 1. The zero-order valence-corrected chi connectivity index (χ0v) is 24.9. The van der Waals surface area contributed by atoms with E-state index in [1.165, 1.54) is 12.1 Å². The molecule has 2 saturated heterocycles. The highest BCUT2D eigenvalue weighted by molar-refractivity contribution is 5.89. The minimum Gasteiger partial charge on any atom is -0.484 e. The van der Waals surface area contributed by atoms with Crippen LogP contribution in [0.2, 0.25) is 0 Å². The Morgan fingerprint density at radius 3 is 2.69 bits per heavy atom. The van der Waals surface area contributed by atoms with E-state index < -0.39 is 11.8 Å². The van der Waals surface area contributed by atoms with Gasteiger partial charge in [0.2, 0.25) is 5.88 Å². The van der Waals surface area contributed by atoms with E-state index in [0.29, 0.717) is 35.9 Å². The summed E-state index contributed by atoms with van der Waals surface area (Å²) in [6.45, 7) is 5.47. The van der Waals surface area contributed by atoms with Gasteiger partial charge in [0.1, 0.15) is 24.1 Å². The fourth-order valence-corrected chi connectivity index (χ4v) is 5.47. The summed E-state index contributed by atoms with van der Waals surface area (Å²) in [5.41, 5.74) is 3.52. The van der Waals surface area contributed by atoms with Crippen molar-refractivity contribution in [3.05, 3.63) is 83.2 Å². The molecule has 1 atom stereocenters. The SMILES string of the molecule is C/C(=C\C(=O)O)c1ccc2nc(CN3CCC(Oc4cccc(COc5ccc(C#N)cc5F)n4)CC3)n(C[C@@H]3CCO3)c2n1. The number of rotatable bonds is 11. The number of pyridine rings is 2. The number of hydrogen-bond acceptors (Lipinski definition) is 9. The maximum atomic E-state index is 14.2. The molecule has 232 valence electrons. The normalized spacial score (nSPS) is 17.5.